The Morgan fingerprint density at radius 2 is 1.74 bits per heavy atom. The third-order valence-corrected chi connectivity index (χ3v) is 2.94. The molecule has 0 radical (unpaired) electrons. The highest BCUT2D eigenvalue weighted by molar-refractivity contribution is 5.50. The molecular weight excluding hydrogens is 241 g/mol. The minimum absolute atomic E-state index is 0.273. The number of nitrogens with one attached hydrogen (secondary N) is 1. The first-order valence-corrected chi connectivity index (χ1v) is 6.23. The molecule has 0 saturated heterocycles. The van der Waals surface area contributed by atoms with Crippen molar-refractivity contribution in [1.82, 2.24) is 0 Å². The Balaban J connectivity index is 2.13. The van der Waals surface area contributed by atoms with Crippen molar-refractivity contribution < 1.29 is 9.13 Å². The Kier molecular flexibility index (Phi) is 4.05. The lowest BCUT2D eigenvalue weighted by Gasteiger charge is -2.10. The van der Waals surface area contributed by atoms with Crippen LogP contribution in [0.2, 0.25) is 0 Å². The second-order valence-corrected chi connectivity index (χ2v) is 4.70. The average Bonchev–Trinajstić information content (AvgIpc) is 2.37. The summed E-state index contributed by atoms with van der Waals surface area (Å²) < 4.78 is 18.7. The highest BCUT2D eigenvalue weighted by Crippen LogP contribution is 2.22. The Hall–Kier alpha value is -2.03. The minimum Gasteiger partial charge on any atom is -0.497 e. The third-order valence-electron chi connectivity index (χ3n) is 2.94. The van der Waals surface area contributed by atoms with Gasteiger partial charge >= 0.3 is 0 Å². The van der Waals surface area contributed by atoms with E-state index in [2.05, 4.69) is 37.4 Å². The molecule has 2 aromatic rings. The summed E-state index contributed by atoms with van der Waals surface area (Å²) in [5.74, 6) is 0.370. The summed E-state index contributed by atoms with van der Waals surface area (Å²) in [6.07, 6.45) is 0. The number of methoxy groups -OCH3 is 1. The molecule has 3 heteroatoms. The van der Waals surface area contributed by atoms with E-state index in [1.165, 1.54) is 17.2 Å². The lowest BCUT2D eigenvalue weighted by atomic mass is 10.1. The standard InChI is InChI=1S/C16H18FNO/c1-11-6-12(2)8-13(7-11)10-18-16-9-14(19-3)4-5-15(16)17/h4-9,18H,10H2,1-3H3. The van der Waals surface area contributed by atoms with Crippen LogP contribution in [-0.2, 0) is 6.54 Å². The molecule has 0 amide bonds. The van der Waals surface area contributed by atoms with Crippen LogP contribution in [0, 0.1) is 19.7 Å². The largest absolute Gasteiger partial charge is 0.497 e. The lowest BCUT2D eigenvalue weighted by Crippen LogP contribution is -2.02. The molecule has 0 aliphatic carbocycles. The molecule has 100 valence electrons. The Morgan fingerprint density at radius 3 is 2.37 bits per heavy atom. The second kappa shape index (κ2) is 5.74. The molecule has 0 bridgehead atoms. The van der Waals surface area contributed by atoms with Gasteiger partial charge in [0.1, 0.15) is 11.6 Å². The molecule has 0 heterocycles. The molecule has 0 unspecified atom stereocenters. The number of aryl methyl sites for hydroxylation is 2. The van der Waals surface area contributed by atoms with E-state index in [-0.39, 0.29) is 5.82 Å². The predicted molar refractivity (Wildman–Crippen MR) is 76.2 cm³/mol. The van der Waals surface area contributed by atoms with Crippen molar-refractivity contribution in [3.05, 3.63) is 58.9 Å². The van der Waals surface area contributed by atoms with Crippen LogP contribution in [0.3, 0.4) is 0 Å². The van der Waals surface area contributed by atoms with Gasteiger partial charge < -0.3 is 10.1 Å². The van der Waals surface area contributed by atoms with Crippen molar-refractivity contribution in [2.24, 2.45) is 0 Å². The summed E-state index contributed by atoms with van der Waals surface area (Å²) in [6.45, 7) is 4.71. The summed E-state index contributed by atoms with van der Waals surface area (Å²) in [7, 11) is 1.57. The number of rotatable bonds is 4. The van der Waals surface area contributed by atoms with Gasteiger partial charge in [-0.2, -0.15) is 0 Å². The highest BCUT2D eigenvalue weighted by atomic mass is 19.1. The van der Waals surface area contributed by atoms with E-state index in [9.17, 15) is 4.39 Å². The van der Waals surface area contributed by atoms with Gasteiger partial charge in [0.2, 0.25) is 0 Å². The van der Waals surface area contributed by atoms with Gasteiger partial charge in [0.25, 0.3) is 0 Å². The molecule has 0 saturated carbocycles. The zero-order valence-corrected chi connectivity index (χ0v) is 11.5. The van der Waals surface area contributed by atoms with Crippen LogP contribution in [0.15, 0.2) is 36.4 Å². The maximum absolute atomic E-state index is 13.6. The minimum atomic E-state index is -0.273. The van der Waals surface area contributed by atoms with Crippen molar-refractivity contribution >= 4 is 5.69 Å². The number of halogens is 1. The molecule has 19 heavy (non-hydrogen) atoms. The molecule has 0 atom stereocenters. The quantitative estimate of drug-likeness (QED) is 0.894. The van der Waals surface area contributed by atoms with E-state index in [1.54, 1.807) is 19.2 Å². The molecule has 2 nitrogen and oxygen atoms in total. The summed E-state index contributed by atoms with van der Waals surface area (Å²) in [5, 5.41) is 3.10. The zero-order valence-electron chi connectivity index (χ0n) is 11.5. The molecule has 0 aromatic heterocycles. The topological polar surface area (TPSA) is 21.3 Å². The van der Waals surface area contributed by atoms with Crippen LogP contribution in [0.1, 0.15) is 16.7 Å². The Morgan fingerprint density at radius 1 is 1.05 bits per heavy atom. The van der Waals surface area contributed by atoms with E-state index < -0.39 is 0 Å². The first-order valence-electron chi connectivity index (χ1n) is 6.23. The van der Waals surface area contributed by atoms with E-state index in [1.807, 2.05) is 0 Å². The van der Waals surface area contributed by atoms with Crippen molar-refractivity contribution in [3.63, 3.8) is 0 Å². The van der Waals surface area contributed by atoms with Crippen molar-refractivity contribution in [1.29, 1.82) is 0 Å². The molecule has 2 aromatic carbocycles. The van der Waals surface area contributed by atoms with Crippen LogP contribution >= 0.6 is 0 Å². The summed E-state index contributed by atoms with van der Waals surface area (Å²) in [6, 6.07) is 11.0. The Labute approximate surface area is 113 Å². The monoisotopic (exact) mass is 259 g/mol. The second-order valence-electron chi connectivity index (χ2n) is 4.70. The van der Waals surface area contributed by atoms with Crippen LogP contribution in [-0.4, -0.2) is 7.11 Å². The summed E-state index contributed by atoms with van der Waals surface area (Å²) in [5.41, 5.74) is 4.02. The molecule has 0 aliphatic heterocycles. The number of anilines is 1. The van der Waals surface area contributed by atoms with Crippen LogP contribution < -0.4 is 10.1 Å². The van der Waals surface area contributed by atoms with Gasteiger partial charge in [-0.3, -0.25) is 0 Å². The van der Waals surface area contributed by atoms with Gasteiger partial charge in [-0.1, -0.05) is 29.3 Å². The van der Waals surface area contributed by atoms with E-state index in [0.29, 0.717) is 18.0 Å². The maximum Gasteiger partial charge on any atom is 0.146 e. The number of hydrogen-bond donors (Lipinski definition) is 1. The molecular formula is C16H18FNO. The fourth-order valence-electron chi connectivity index (χ4n) is 2.14. The van der Waals surface area contributed by atoms with E-state index >= 15 is 0 Å². The van der Waals surface area contributed by atoms with Gasteiger partial charge in [0, 0.05) is 12.6 Å². The summed E-state index contributed by atoms with van der Waals surface area (Å²) >= 11 is 0. The fourth-order valence-corrected chi connectivity index (χ4v) is 2.14. The number of ether oxygens (including phenoxy) is 1. The normalized spacial score (nSPS) is 10.3. The van der Waals surface area contributed by atoms with Gasteiger partial charge in [-0.25, -0.2) is 4.39 Å². The molecule has 0 spiro atoms. The molecule has 1 N–H and O–H groups in total. The molecule has 0 fully saturated rings. The molecule has 0 aliphatic rings. The maximum atomic E-state index is 13.6. The fraction of sp³-hybridized carbons (Fsp3) is 0.250. The van der Waals surface area contributed by atoms with Crippen molar-refractivity contribution in [3.8, 4) is 5.75 Å². The van der Waals surface area contributed by atoms with Crippen LogP contribution in [0.5, 0.6) is 5.75 Å². The number of hydrogen-bond acceptors (Lipinski definition) is 2. The number of benzene rings is 2. The lowest BCUT2D eigenvalue weighted by molar-refractivity contribution is 0.414. The van der Waals surface area contributed by atoms with E-state index in [0.717, 1.165) is 5.56 Å². The van der Waals surface area contributed by atoms with Gasteiger partial charge in [0.05, 0.1) is 12.8 Å². The molecule has 2 rings (SSSR count). The predicted octanol–water partition coefficient (Wildman–Crippen LogP) is 4.06. The summed E-state index contributed by atoms with van der Waals surface area (Å²) in [4.78, 5) is 0. The van der Waals surface area contributed by atoms with Crippen LogP contribution in [0.25, 0.3) is 0 Å². The SMILES string of the molecule is COc1ccc(F)c(NCc2cc(C)cc(C)c2)c1. The van der Waals surface area contributed by atoms with Gasteiger partial charge in [-0.05, 0) is 31.5 Å². The Bertz CT molecular complexity index is 561. The van der Waals surface area contributed by atoms with Crippen molar-refractivity contribution in [2.45, 2.75) is 20.4 Å². The van der Waals surface area contributed by atoms with Gasteiger partial charge in [-0.15, -0.1) is 0 Å². The van der Waals surface area contributed by atoms with Gasteiger partial charge in [0.15, 0.2) is 0 Å². The average molecular weight is 259 g/mol. The zero-order chi connectivity index (χ0) is 13.8. The smallest absolute Gasteiger partial charge is 0.146 e. The van der Waals surface area contributed by atoms with Crippen molar-refractivity contribution in [2.75, 3.05) is 12.4 Å². The van der Waals surface area contributed by atoms with E-state index in [4.69, 9.17) is 4.74 Å². The highest BCUT2D eigenvalue weighted by Gasteiger charge is 2.04. The first-order chi connectivity index (χ1) is 9.08. The first kappa shape index (κ1) is 13.4. The third kappa shape index (κ3) is 3.47. The van der Waals surface area contributed by atoms with Crippen LogP contribution in [0.4, 0.5) is 10.1 Å².